The smallest absolute Gasteiger partial charge is 0.328 e. The molecule has 0 radical (unpaired) electrons. The van der Waals surface area contributed by atoms with Crippen LogP contribution in [0.25, 0.3) is 0 Å². The number of benzene rings is 1. The number of carbonyl (C=O) groups is 3. The van der Waals surface area contributed by atoms with Gasteiger partial charge in [0.15, 0.2) is 0 Å². The Balaban J connectivity index is 2.15. The standard InChI is InChI=1S/C16H20N2O4/c1-2-22-11-10-16(9-8-12-6-4-3-5-7-12)13(19)17-15(21)18-14(16)20/h3-7H,2,8-11H2,1H3,(H2,17,18,19,20,21). The molecule has 2 rings (SSSR count). The molecule has 0 unspecified atom stereocenters. The van der Waals surface area contributed by atoms with Gasteiger partial charge < -0.3 is 4.74 Å². The molecular weight excluding hydrogens is 284 g/mol. The van der Waals surface area contributed by atoms with Crippen molar-refractivity contribution in [2.45, 2.75) is 26.2 Å². The zero-order chi connectivity index (χ0) is 16.0. The summed E-state index contributed by atoms with van der Waals surface area (Å²) in [6.45, 7) is 2.65. The van der Waals surface area contributed by atoms with Crippen molar-refractivity contribution in [3.63, 3.8) is 0 Å². The van der Waals surface area contributed by atoms with Crippen molar-refractivity contribution in [1.82, 2.24) is 10.6 Å². The molecule has 1 aromatic rings. The molecule has 1 fully saturated rings. The summed E-state index contributed by atoms with van der Waals surface area (Å²) in [4.78, 5) is 35.9. The van der Waals surface area contributed by atoms with Crippen LogP contribution in [0.2, 0.25) is 0 Å². The van der Waals surface area contributed by atoms with Crippen molar-refractivity contribution in [3.05, 3.63) is 35.9 Å². The molecule has 0 bridgehead atoms. The first kappa shape index (κ1) is 16.2. The maximum Gasteiger partial charge on any atom is 0.328 e. The quantitative estimate of drug-likeness (QED) is 0.589. The average molecular weight is 304 g/mol. The van der Waals surface area contributed by atoms with E-state index in [4.69, 9.17) is 4.74 Å². The number of imide groups is 2. The largest absolute Gasteiger partial charge is 0.382 e. The van der Waals surface area contributed by atoms with Crippen LogP contribution in [0, 0.1) is 5.41 Å². The Morgan fingerprint density at radius 1 is 1.00 bits per heavy atom. The molecule has 0 aliphatic carbocycles. The highest BCUT2D eigenvalue weighted by Crippen LogP contribution is 2.31. The predicted molar refractivity (Wildman–Crippen MR) is 80.0 cm³/mol. The highest BCUT2D eigenvalue weighted by molar-refractivity contribution is 6.19. The number of hydrogen-bond donors (Lipinski definition) is 2. The number of barbiturate groups is 1. The SMILES string of the molecule is CCOCCC1(CCc2ccccc2)C(=O)NC(=O)NC1=O. The lowest BCUT2D eigenvalue weighted by molar-refractivity contribution is -0.146. The van der Waals surface area contributed by atoms with E-state index in [1.807, 2.05) is 37.3 Å². The second-order valence-corrected chi connectivity index (χ2v) is 5.25. The van der Waals surface area contributed by atoms with Gasteiger partial charge in [0.05, 0.1) is 0 Å². The van der Waals surface area contributed by atoms with E-state index in [1.165, 1.54) is 0 Å². The van der Waals surface area contributed by atoms with E-state index in [0.717, 1.165) is 5.56 Å². The van der Waals surface area contributed by atoms with Crippen molar-refractivity contribution in [1.29, 1.82) is 0 Å². The van der Waals surface area contributed by atoms with Gasteiger partial charge in [-0.2, -0.15) is 0 Å². The molecule has 0 aromatic heterocycles. The van der Waals surface area contributed by atoms with E-state index < -0.39 is 23.3 Å². The monoisotopic (exact) mass is 304 g/mol. The van der Waals surface area contributed by atoms with Crippen molar-refractivity contribution < 1.29 is 19.1 Å². The van der Waals surface area contributed by atoms with Crippen LogP contribution in [-0.4, -0.2) is 31.1 Å². The Kier molecular flexibility index (Phi) is 5.27. The molecule has 2 N–H and O–H groups in total. The summed E-state index contributed by atoms with van der Waals surface area (Å²) in [5.41, 5.74) is -0.227. The molecule has 0 saturated carbocycles. The third-order valence-electron chi connectivity index (χ3n) is 3.88. The second-order valence-electron chi connectivity index (χ2n) is 5.25. The Morgan fingerprint density at radius 3 is 2.23 bits per heavy atom. The fourth-order valence-electron chi connectivity index (χ4n) is 2.55. The minimum Gasteiger partial charge on any atom is -0.382 e. The first-order valence-corrected chi connectivity index (χ1v) is 7.37. The van der Waals surface area contributed by atoms with Gasteiger partial charge in [0.25, 0.3) is 0 Å². The number of rotatable bonds is 7. The number of aryl methyl sites for hydroxylation is 1. The average Bonchev–Trinajstić information content (AvgIpc) is 2.50. The molecule has 0 atom stereocenters. The lowest BCUT2D eigenvalue weighted by Gasteiger charge is -2.34. The van der Waals surface area contributed by atoms with Gasteiger partial charge in [-0.05, 0) is 31.7 Å². The third kappa shape index (κ3) is 3.51. The first-order valence-electron chi connectivity index (χ1n) is 7.37. The van der Waals surface area contributed by atoms with Crippen molar-refractivity contribution in [2.24, 2.45) is 5.41 Å². The van der Waals surface area contributed by atoms with E-state index in [-0.39, 0.29) is 6.42 Å². The molecule has 0 spiro atoms. The minimum atomic E-state index is -1.26. The van der Waals surface area contributed by atoms with Crippen LogP contribution in [0.1, 0.15) is 25.3 Å². The van der Waals surface area contributed by atoms with Crippen molar-refractivity contribution in [3.8, 4) is 0 Å². The predicted octanol–water partition coefficient (Wildman–Crippen LogP) is 1.40. The Labute approximate surface area is 129 Å². The van der Waals surface area contributed by atoms with Crippen molar-refractivity contribution >= 4 is 17.8 Å². The van der Waals surface area contributed by atoms with E-state index in [9.17, 15) is 14.4 Å². The van der Waals surface area contributed by atoms with E-state index >= 15 is 0 Å². The summed E-state index contributed by atoms with van der Waals surface area (Å²) in [6, 6.07) is 8.86. The molecule has 6 heteroatoms. The number of carbonyl (C=O) groups excluding carboxylic acids is 3. The van der Waals surface area contributed by atoms with Gasteiger partial charge in [-0.25, -0.2) is 4.79 Å². The highest BCUT2D eigenvalue weighted by Gasteiger charge is 2.49. The number of ether oxygens (including phenoxy) is 1. The van der Waals surface area contributed by atoms with E-state index in [0.29, 0.717) is 26.1 Å². The zero-order valence-electron chi connectivity index (χ0n) is 12.6. The van der Waals surface area contributed by atoms with Crippen LogP contribution in [0.5, 0.6) is 0 Å². The van der Waals surface area contributed by atoms with Gasteiger partial charge in [-0.1, -0.05) is 30.3 Å². The molecule has 6 nitrogen and oxygen atoms in total. The summed E-state index contributed by atoms with van der Waals surface area (Å²) in [5, 5.41) is 4.40. The number of hydrogen-bond acceptors (Lipinski definition) is 4. The summed E-state index contributed by atoms with van der Waals surface area (Å²) in [7, 11) is 0. The number of urea groups is 1. The number of amides is 4. The summed E-state index contributed by atoms with van der Waals surface area (Å²) in [5.74, 6) is -1.09. The van der Waals surface area contributed by atoms with Crippen LogP contribution in [-0.2, 0) is 20.7 Å². The lowest BCUT2D eigenvalue weighted by atomic mass is 9.76. The maximum atomic E-state index is 12.3. The third-order valence-corrected chi connectivity index (χ3v) is 3.88. The van der Waals surface area contributed by atoms with Gasteiger partial charge in [0.2, 0.25) is 11.8 Å². The van der Waals surface area contributed by atoms with Crippen LogP contribution in [0.15, 0.2) is 30.3 Å². The van der Waals surface area contributed by atoms with Gasteiger partial charge in [0, 0.05) is 13.2 Å². The molecule has 1 aliphatic rings. The molecule has 1 saturated heterocycles. The molecular formula is C16H20N2O4. The molecule has 1 heterocycles. The summed E-state index contributed by atoms with van der Waals surface area (Å²) < 4.78 is 5.29. The normalized spacial score (nSPS) is 17.0. The van der Waals surface area contributed by atoms with Gasteiger partial charge in [-0.3, -0.25) is 20.2 Å². The lowest BCUT2D eigenvalue weighted by Crippen LogP contribution is -2.62. The highest BCUT2D eigenvalue weighted by atomic mass is 16.5. The first-order chi connectivity index (χ1) is 10.6. The van der Waals surface area contributed by atoms with Crippen molar-refractivity contribution in [2.75, 3.05) is 13.2 Å². The fourth-order valence-corrected chi connectivity index (χ4v) is 2.55. The van der Waals surface area contributed by atoms with Crippen LogP contribution in [0.3, 0.4) is 0 Å². The fraction of sp³-hybridized carbons (Fsp3) is 0.438. The van der Waals surface area contributed by atoms with Crippen LogP contribution in [0.4, 0.5) is 4.79 Å². The van der Waals surface area contributed by atoms with Gasteiger partial charge >= 0.3 is 6.03 Å². The topological polar surface area (TPSA) is 84.5 Å². The van der Waals surface area contributed by atoms with Gasteiger partial charge in [-0.15, -0.1) is 0 Å². The molecule has 22 heavy (non-hydrogen) atoms. The van der Waals surface area contributed by atoms with E-state index in [2.05, 4.69) is 10.6 Å². The van der Waals surface area contributed by atoms with Crippen LogP contribution < -0.4 is 10.6 Å². The summed E-state index contributed by atoms with van der Waals surface area (Å²) >= 11 is 0. The number of nitrogens with one attached hydrogen (secondary N) is 2. The summed E-state index contributed by atoms with van der Waals surface area (Å²) in [6.07, 6.45) is 1.15. The molecule has 4 amide bonds. The maximum absolute atomic E-state index is 12.3. The second kappa shape index (κ2) is 7.17. The molecule has 1 aliphatic heterocycles. The zero-order valence-corrected chi connectivity index (χ0v) is 12.6. The Morgan fingerprint density at radius 2 is 1.64 bits per heavy atom. The van der Waals surface area contributed by atoms with Crippen LogP contribution >= 0.6 is 0 Å². The molecule has 118 valence electrons. The van der Waals surface area contributed by atoms with E-state index in [1.54, 1.807) is 0 Å². The minimum absolute atomic E-state index is 0.249. The Hall–Kier alpha value is -2.21. The Bertz CT molecular complexity index is 537. The molecule has 1 aromatic carbocycles. The van der Waals surface area contributed by atoms with Gasteiger partial charge in [0.1, 0.15) is 5.41 Å².